The maximum Gasteiger partial charge on any atom is 0.126 e. The van der Waals surface area contributed by atoms with E-state index in [1.165, 1.54) is 18.2 Å². The molecule has 17 heavy (non-hydrogen) atoms. The second kappa shape index (κ2) is 5.29. The van der Waals surface area contributed by atoms with Crippen molar-refractivity contribution in [3.63, 3.8) is 0 Å². The van der Waals surface area contributed by atoms with Gasteiger partial charge in [-0.3, -0.25) is 0 Å². The molecule has 0 aromatic heterocycles. The van der Waals surface area contributed by atoms with Gasteiger partial charge in [-0.2, -0.15) is 11.8 Å². The maximum atomic E-state index is 13.7. The van der Waals surface area contributed by atoms with E-state index in [1.54, 1.807) is 6.07 Å². The number of benzene rings is 1. The molecule has 1 saturated heterocycles. The van der Waals surface area contributed by atoms with Crippen LogP contribution in [0.2, 0.25) is 0 Å². The highest BCUT2D eigenvalue weighted by molar-refractivity contribution is 9.10. The van der Waals surface area contributed by atoms with E-state index in [9.17, 15) is 4.39 Å². The zero-order valence-electron chi connectivity index (χ0n) is 9.88. The van der Waals surface area contributed by atoms with Gasteiger partial charge in [0.1, 0.15) is 5.82 Å². The molecule has 0 spiro atoms. The molecule has 0 radical (unpaired) electrons. The average molecular weight is 318 g/mol. The third-order valence-corrected chi connectivity index (χ3v) is 5.63. The second-order valence-electron chi connectivity index (χ2n) is 4.81. The number of thioether (sulfide) groups is 1. The van der Waals surface area contributed by atoms with Crippen molar-refractivity contribution in [2.24, 2.45) is 5.73 Å². The molecular weight excluding hydrogens is 301 g/mol. The molecule has 0 bridgehead atoms. The van der Waals surface area contributed by atoms with Crippen molar-refractivity contribution in [2.75, 3.05) is 5.75 Å². The van der Waals surface area contributed by atoms with Crippen molar-refractivity contribution >= 4 is 27.7 Å². The van der Waals surface area contributed by atoms with E-state index in [0.717, 1.165) is 10.9 Å². The fraction of sp³-hybridized carbons (Fsp3) is 0.538. The average Bonchev–Trinajstić information content (AvgIpc) is 2.72. The maximum absolute atomic E-state index is 13.7. The molecule has 2 N–H and O–H groups in total. The van der Waals surface area contributed by atoms with Crippen LogP contribution < -0.4 is 5.73 Å². The van der Waals surface area contributed by atoms with Gasteiger partial charge in [-0.1, -0.05) is 15.9 Å². The normalized spacial score (nSPS) is 26.1. The Morgan fingerprint density at radius 3 is 3.00 bits per heavy atom. The monoisotopic (exact) mass is 317 g/mol. The van der Waals surface area contributed by atoms with Crippen molar-refractivity contribution in [1.29, 1.82) is 0 Å². The third-order valence-electron chi connectivity index (χ3n) is 3.48. The third kappa shape index (κ3) is 3.04. The summed E-state index contributed by atoms with van der Waals surface area (Å²) in [4.78, 5) is 0. The molecule has 1 fully saturated rings. The van der Waals surface area contributed by atoms with E-state index >= 15 is 0 Å². The highest BCUT2D eigenvalue weighted by atomic mass is 79.9. The predicted octanol–water partition coefficient (Wildman–Crippen LogP) is 3.74. The van der Waals surface area contributed by atoms with Crippen molar-refractivity contribution < 1.29 is 4.39 Å². The molecule has 4 heteroatoms. The second-order valence-corrected chi connectivity index (χ2v) is 7.36. The van der Waals surface area contributed by atoms with Crippen molar-refractivity contribution in [1.82, 2.24) is 0 Å². The molecule has 2 unspecified atom stereocenters. The summed E-state index contributed by atoms with van der Waals surface area (Å²) in [5.74, 6) is 1.01. The van der Waals surface area contributed by atoms with Crippen LogP contribution in [-0.4, -0.2) is 16.5 Å². The van der Waals surface area contributed by atoms with Gasteiger partial charge in [0.2, 0.25) is 0 Å². The lowest BCUT2D eigenvalue weighted by Gasteiger charge is -2.30. The van der Waals surface area contributed by atoms with E-state index in [1.807, 2.05) is 17.8 Å². The van der Waals surface area contributed by atoms with Crippen molar-refractivity contribution in [3.8, 4) is 0 Å². The molecule has 1 aliphatic rings. The van der Waals surface area contributed by atoms with Crippen LogP contribution >= 0.6 is 27.7 Å². The van der Waals surface area contributed by atoms with Crippen LogP contribution in [0.1, 0.15) is 25.3 Å². The van der Waals surface area contributed by atoms with Gasteiger partial charge in [0, 0.05) is 15.3 Å². The summed E-state index contributed by atoms with van der Waals surface area (Å²) in [5, 5.41) is 0. The molecule has 1 aromatic rings. The van der Waals surface area contributed by atoms with E-state index in [4.69, 9.17) is 5.73 Å². The standard InChI is InChI=1S/C13H17BrFNS/c1-13(5-2-6-17-13)12(16)8-9-7-10(14)3-4-11(9)15/h3-4,7,12H,2,5-6,8,16H2,1H3. The summed E-state index contributed by atoms with van der Waals surface area (Å²) in [6, 6.07) is 5.06. The van der Waals surface area contributed by atoms with Crippen LogP contribution in [0.3, 0.4) is 0 Å². The minimum Gasteiger partial charge on any atom is -0.326 e. The van der Waals surface area contributed by atoms with E-state index in [2.05, 4.69) is 22.9 Å². The first-order chi connectivity index (χ1) is 8.01. The van der Waals surface area contributed by atoms with Crippen molar-refractivity contribution in [2.45, 2.75) is 37.0 Å². The first-order valence-corrected chi connectivity index (χ1v) is 7.62. The molecule has 1 heterocycles. The van der Waals surface area contributed by atoms with Crippen LogP contribution in [0.5, 0.6) is 0 Å². The van der Waals surface area contributed by atoms with Gasteiger partial charge >= 0.3 is 0 Å². The van der Waals surface area contributed by atoms with Gasteiger partial charge in [-0.15, -0.1) is 0 Å². The summed E-state index contributed by atoms with van der Waals surface area (Å²) < 4.78 is 14.7. The smallest absolute Gasteiger partial charge is 0.126 e. The zero-order valence-corrected chi connectivity index (χ0v) is 12.3. The lowest BCUT2D eigenvalue weighted by Crippen LogP contribution is -2.42. The molecule has 0 saturated carbocycles. The van der Waals surface area contributed by atoms with Gasteiger partial charge < -0.3 is 5.73 Å². The lowest BCUT2D eigenvalue weighted by molar-refractivity contribution is 0.473. The highest BCUT2D eigenvalue weighted by Gasteiger charge is 2.35. The van der Waals surface area contributed by atoms with Crippen LogP contribution in [0.4, 0.5) is 4.39 Å². The fourth-order valence-corrected chi connectivity index (χ4v) is 4.00. The Hall–Kier alpha value is -0.0600. The van der Waals surface area contributed by atoms with Crippen LogP contribution in [0.15, 0.2) is 22.7 Å². The Bertz CT molecular complexity index is 404. The first-order valence-electron chi connectivity index (χ1n) is 5.85. The summed E-state index contributed by atoms with van der Waals surface area (Å²) >= 11 is 5.29. The van der Waals surface area contributed by atoms with Gasteiger partial charge in [-0.25, -0.2) is 4.39 Å². The molecule has 2 atom stereocenters. The minimum atomic E-state index is -0.157. The molecule has 2 rings (SSSR count). The van der Waals surface area contributed by atoms with Gasteiger partial charge in [0.15, 0.2) is 0 Å². The largest absolute Gasteiger partial charge is 0.326 e. The van der Waals surface area contributed by atoms with E-state index in [0.29, 0.717) is 12.0 Å². The Kier molecular flexibility index (Phi) is 4.16. The van der Waals surface area contributed by atoms with Crippen LogP contribution in [0, 0.1) is 5.82 Å². The topological polar surface area (TPSA) is 26.0 Å². The number of hydrogen-bond acceptors (Lipinski definition) is 2. The first kappa shape index (κ1) is 13.4. The van der Waals surface area contributed by atoms with Gasteiger partial charge in [0.25, 0.3) is 0 Å². The quantitative estimate of drug-likeness (QED) is 0.919. The Labute approximate surface area is 114 Å². The molecule has 94 valence electrons. The summed E-state index contributed by atoms with van der Waals surface area (Å²) in [6.07, 6.45) is 2.96. The number of rotatable bonds is 3. The Morgan fingerprint density at radius 2 is 2.35 bits per heavy atom. The Morgan fingerprint density at radius 1 is 1.59 bits per heavy atom. The van der Waals surface area contributed by atoms with Crippen LogP contribution in [-0.2, 0) is 6.42 Å². The van der Waals surface area contributed by atoms with E-state index in [-0.39, 0.29) is 16.6 Å². The summed E-state index contributed by atoms with van der Waals surface area (Å²) in [6.45, 7) is 2.20. The van der Waals surface area contributed by atoms with Gasteiger partial charge in [-0.05, 0) is 55.7 Å². The predicted molar refractivity (Wildman–Crippen MR) is 75.9 cm³/mol. The summed E-state index contributed by atoms with van der Waals surface area (Å²) in [7, 11) is 0. The van der Waals surface area contributed by atoms with E-state index < -0.39 is 0 Å². The highest BCUT2D eigenvalue weighted by Crippen LogP contribution is 2.40. The molecule has 0 aliphatic carbocycles. The molecular formula is C13H17BrFNS. The lowest BCUT2D eigenvalue weighted by atomic mass is 9.91. The molecule has 1 aromatic carbocycles. The number of hydrogen-bond donors (Lipinski definition) is 1. The van der Waals surface area contributed by atoms with Crippen molar-refractivity contribution in [3.05, 3.63) is 34.1 Å². The molecule has 1 nitrogen and oxygen atoms in total. The molecule has 0 amide bonds. The minimum absolute atomic E-state index is 0.0128. The zero-order chi connectivity index (χ0) is 12.5. The number of nitrogens with two attached hydrogens (primary N) is 1. The van der Waals surface area contributed by atoms with Gasteiger partial charge in [0.05, 0.1) is 0 Å². The fourth-order valence-electron chi connectivity index (χ4n) is 2.25. The van der Waals surface area contributed by atoms with Crippen LogP contribution in [0.25, 0.3) is 0 Å². The SMILES string of the molecule is CC1(C(N)Cc2cc(Br)ccc2F)CCCS1. The Balaban J connectivity index is 2.12. The number of halogens is 2. The molecule has 1 aliphatic heterocycles. The summed E-state index contributed by atoms with van der Waals surface area (Å²) in [5.41, 5.74) is 6.97.